The molecule has 0 fully saturated rings. The minimum Gasteiger partial charge on any atom is -0.338 e. The van der Waals surface area contributed by atoms with Crippen molar-refractivity contribution in [2.45, 2.75) is 6.92 Å². The van der Waals surface area contributed by atoms with E-state index in [-0.39, 0.29) is 5.69 Å². The van der Waals surface area contributed by atoms with Gasteiger partial charge in [0.15, 0.2) is 0 Å². The third kappa shape index (κ3) is 3.61. The van der Waals surface area contributed by atoms with E-state index in [1.807, 2.05) is 55.6 Å². The molecule has 6 rings (SSSR count). The molecular weight excluding hydrogens is 472 g/mol. The maximum Gasteiger partial charge on any atom is 0.333 e. The zero-order valence-electron chi connectivity index (χ0n) is 19.6. The summed E-state index contributed by atoms with van der Waals surface area (Å²) in [6.07, 6.45) is 6.89. The Morgan fingerprint density at radius 1 is 0.889 bits per heavy atom. The highest BCUT2D eigenvalue weighted by Crippen LogP contribution is 2.32. The van der Waals surface area contributed by atoms with E-state index >= 15 is 0 Å². The maximum absolute atomic E-state index is 13.1. The second-order valence-electron chi connectivity index (χ2n) is 8.62. The summed E-state index contributed by atoms with van der Waals surface area (Å²) < 4.78 is 3.27. The molecule has 0 saturated carbocycles. The Morgan fingerprint density at radius 2 is 1.75 bits per heavy atom. The number of nitrogens with zero attached hydrogens (tertiary/aromatic N) is 5. The lowest BCUT2D eigenvalue weighted by atomic mass is 10.0. The van der Waals surface area contributed by atoms with Crippen LogP contribution < -0.4 is 5.69 Å². The highest BCUT2D eigenvalue weighted by atomic mass is 35.5. The van der Waals surface area contributed by atoms with Gasteiger partial charge in [-0.2, -0.15) is 0 Å². The molecule has 6 aromatic rings. The number of aromatic nitrogens is 6. The topological polar surface area (TPSA) is 81.4 Å². The van der Waals surface area contributed by atoms with Crippen molar-refractivity contribution in [1.29, 1.82) is 0 Å². The van der Waals surface area contributed by atoms with Crippen molar-refractivity contribution in [3.05, 3.63) is 107 Å². The largest absolute Gasteiger partial charge is 0.338 e. The van der Waals surface area contributed by atoms with Crippen LogP contribution >= 0.6 is 11.6 Å². The number of hydrogen-bond donors (Lipinski definition) is 1. The molecule has 8 heteroatoms. The smallest absolute Gasteiger partial charge is 0.333 e. The number of imidazole rings is 2. The molecule has 0 spiro atoms. The SMILES string of the molecule is Cc1ccc(-c2cnccn2)c(-c2ncc(-c3ccc4c(c3)n(C)c(=O)n4-c3ccccc3Cl)[nH]2)c1. The number of nitrogens with one attached hydrogen (secondary N) is 1. The van der Waals surface area contributed by atoms with Crippen LogP contribution in [0.4, 0.5) is 0 Å². The third-order valence-corrected chi connectivity index (χ3v) is 6.62. The number of hydrogen-bond acceptors (Lipinski definition) is 4. The van der Waals surface area contributed by atoms with Crippen molar-refractivity contribution in [2.24, 2.45) is 7.05 Å². The lowest BCUT2D eigenvalue weighted by Crippen LogP contribution is -2.21. The number of benzene rings is 3. The van der Waals surface area contributed by atoms with Crippen molar-refractivity contribution < 1.29 is 0 Å². The average molecular weight is 493 g/mol. The number of H-pyrrole nitrogens is 1. The molecule has 0 atom stereocenters. The second kappa shape index (κ2) is 8.62. The van der Waals surface area contributed by atoms with Gasteiger partial charge in [-0.05, 0) is 37.3 Å². The maximum atomic E-state index is 13.1. The number of rotatable bonds is 4. The zero-order valence-corrected chi connectivity index (χ0v) is 20.4. The van der Waals surface area contributed by atoms with Gasteiger partial charge in [0.05, 0.1) is 45.5 Å². The van der Waals surface area contributed by atoms with Crippen molar-refractivity contribution in [1.82, 2.24) is 29.1 Å². The lowest BCUT2D eigenvalue weighted by Gasteiger charge is -2.08. The number of aromatic amines is 1. The number of halogens is 1. The van der Waals surface area contributed by atoms with E-state index in [1.165, 1.54) is 0 Å². The normalized spacial score (nSPS) is 11.3. The van der Waals surface area contributed by atoms with Crippen LogP contribution in [0.2, 0.25) is 5.02 Å². The molecule has 0 amide bonds. The predicted molar refractivity (Wildman–Crippen MR) is 142 cm³/mol. The molecule has 0 saturated heterocycles. The van der Waals surface area contributed by atoms with E-state index in [4.69, 9.17) is 11.6 Å². The van der Waals surface area contributed by atoms with Crippen LogP contribution in [-0.2, 0) is 7.05 Å². The van der Waals surface area contributed by atoms with E-state index in [2.05, 4.69) is 32.1 Å². The van der Waals surface area contributed by atoms with Gasteiger partial charge >= 0.3 is 5.69 Å². The molecule has 0 aliphatic rings. The Hall–Kier alpha value is -4.49. The fourth-order valence-corrected chi connectivity index (χ4v) is 4.71. The van der Waals surface area contributed by atoms with E-state index in [9.17, 15) is 4.79 Å². The van der Waals surface area contributed by atoms with Crippen molar-refractivity contribution in [2.75, 3.05) is 0 Å². The van der Waals surface area contributed by atoms with Gasteiger partial charge in [0, 0.05) is 36.1 Å². The van der Waals surface area contributed by atoms with Gasteiger partial charge in [0.25, 0.3) is 0 Å². The summed E-state index contributed by atoms with van der Waals surface area (Å²) in [4.78, 5) is 29.9. The van der Waals surface area contributed by atoms with Crippen LogP contribution in [0, 0.1) is 6.92 Å². The third-order valence-electron chi connectivity index (χ3n) is 6.31. The number of para-hydroxylation sites is 1. The summed E-state index contributed by atoms with van der Waals surface area (Å²) >= 11 is 6.41. The van der Waals surface area contributed by atoms with Crippen LogP contribution in [0.25, 0.3) is 50.6 Å². The first-order valence-corrected chi connectivity index (χ1v) is 11.8. The molecule has 0 bridgehead atoms. The first kappa shape index (κ1) is 22.0. The first-order valence-electron chi connectivity index (χ1n) is 11.4. The van der Waals surface area contributed by atoms with E-state index in [1.54, 1.807) is 40.8 Å². The Bertz CT molecular complexity index is 1800. The van der Waals surface area contributed by atoms with Crippen LogP contribution in [0.3, 0.4) is 0 Å². The molecule has 0 unspecified atom stereocenters. The molecule has 3 heterocycles. The molecule has 0 radical (unpaired) electrons. The minimum absolute atomic E-state index is 0.158. The molecule has 0 aliphatic heterocycles. The summed E-state index contributed by atoms with van der Waals surface area (Å²) in [5.41, 5.74) is 7.63. The van der Waals surface area contributed by atoms with Crippen molar-refractivity contribution in [3.8, 4) is 39.6 Å². The molecule has 176 valence electrons. The zero-order chi connectivity index (χ0) is 24.8. The van der Waals surface area contributed by atoms with E-state index in [0.717, 1.165) is 50.5 Å². The van der Waals surface area contributed by atoms with Gasteiger partial charge in [0.1, 0.15) is 5.82 Å². The van der Waals surface area contributed by atoms with Crippen LogP contribution in [-0.4, -0.2) is 29.1 Å². The van der Waals surface area contributed by atoms with Crippen LogP contribution in [0.1, 0.15) is 5.56 Å². The lowest BCUT2D eigenvalue weighted by molar-refractivity contribution is 0.846. The molecule has 36 heavy (non-hydrogen) atoms. The van der Waals surface area contributed by atoms with E-state index in [0.29, 0.717) is 10.7 Å². The van der Waals surface area contributed by atoms with Gasteiger partial charge in [-0.25, -0.2) is 9.78 Å². The fourth-order valence-electron chi connectivity index (χ4n) is 4.49. The summed E-state index contributed by atoms with van der Waals surface area (Å²) in [5.74, 6) is 0.733. The minimum atomic E-state index is -0.158. The summed E-state index contributed by atoms with van der Waals surface area (Å²) in [6, 6.07) is 19.4. The van der Waals surface area contributed by atoms with Crippen LogP contribution in [0.15, 0.2) is 90.2 Å². The Balaban J connectivity index is 1.45. The van der Waals surface area contributed by atoms with Crippen LogP contribution in [0.5, 0.6) is 0 Å². The predicted octanol–water partition coefficient (Wildman–Crippen LogP) is 5.81. The van der Waals surface area contributed by atoms with Crippen molar-refractivity contribution >= 4 is 22.6 Å². The molecule has 3 aromatic heterocycles. The number of fused-ring (bicyclic) bond motifs is 1. The number of aryl methyl sites for hydroxylation is 2. The van der Waals surface area contributed by atoms with Gasteiger partial charge in [-0.15, -0.1) is 0 Å². The highest BCUT2D eigenvalue weighted by Gasteiger charge is 2.17. The fraction of sp³-hybridized carbons (Fsp3) is 0.0714. The summed E-state index contributed by atoms with van der Waals surface area (Å²) in [7, 11) is 1.76. The molecule has 7 nitrogen and oxygen atoms in total. The monoisotopic (exact) mass is 492 g/mol. The standard InChI is InChI=1S/C28H21ClN6O/c1-17-7-9-19(23-15-30-11-12-31-23)20(13-17)27-32-16-22(33-27)18-8-10-25-26(14-18)34(2)28(36)35(25)24-6-4-3-5-21(24)29/h3-16H,1-2H3,(H,32,33). The summed E-state index contributed by atoms with van der Waals surface area (Å²) in [6.45, 7) is 2.05. The van der Waals surface area contributed by atoms with Gasteiger partial charge in [-0.3, -0.25) is 19.1 Å². The molecular formula is C28H21ClN6O. The Labute approximate surface area is 211 Å². The second-order valence-corrected chi connectivity index (χ2v) is 9.02. The van der Waals surface area contributed by atoms with Gasteiger partial charge < -0.3 is 4.98 Å². The molecule has 1 N–H and O–H groups in total. The van der Waals surface area contributed by atoms with Gasteiger partial charge in [-0.1, -0.05) is 47.5 Å². The quantitative estimate of drug-likeness (QED) is 0.337. The molecule has 3 aromatic carbocycles. The molecule has 0 aliphatic carbocycles. The summed E-state index contributed by atoms with van der Waals surface area (Å²) in [5, 5.41) is 0.520. The first-order chi connectivity index (χ1) is 17.5. The van der Waals surface area contributed by atoms with Gasteiger partial charge in [0.2, 0.25) is 0 Å². The Kier molecular flexibility index (Phi) is 5.27. The van der Waals surface area contributed by atoms with Crippen molar-refractivity contribution in [3.63, 3.8) is 0 Å². The Morgan fingerprint density at radius 3 is 2.56 bits per heavy atom. The highest BCUT2D eigenvalue weighted by molar-refractivity contribution is 6.32. The average Bonchev–Trinajstić information content (AvgIpc) is 3.48. The van der Waals surface area contributed by atoms with E-state index < -0.39 is 0 Å².